The summed E-state index contributed by atoms with van der Waals surface area (Å²) in [5.41, 5.74) is 2.38. The Bertz CT molecular complexity index is 482. The first-order valence-electron chi connectivity index (χ1n) is 5.59. The number of hydrogen-bond acceptors (Lipinski definition) is 4. The van der Waals surface area contributed by atoms with Gasteiger partial charge in [0.15, 0.2) is 0 Å². The van der Waals surface area contributed by atoms with E-state index in [0.717, 1.165) is 23.7 Å². The molecule has 0 aromatic carbocycles. The molecule has 1 aromatic heterocycles. The molecule has 90 valence electrons. The molecule has 0 saturated carbocycles. The fourth-order valence-corrected chi connectivity index (χ4v) is 2.28. The summed E-state index contributed by atoms with van der Waals surface area (Å²) >= 11 is 1.60. The Balaban J connectivity index is 2.07. The maximum Gasteiger partial charge on any atom is 0.408 e. The van der Waals surface area contributed by atoms with Crippen LogP contribution >= 0.6 is 11.3 Å². The Morgan fingerprint density at radius 1 is 1.24 bits per heavy atom. The molecule has 1 aromatic rings. The fraction of sp³-hybridized carbons (Fsp3) is 0.417. The first kappa shape index (κ1) is 12.0. The number of rotatable bonds is 3. The second kappa shape index (κ2) is 5.23. The highest BCUT2D eigenvalue weighted by atomic mass is 32.1. The van der Waals surface area contributed by atoms with E-state index in [2.05, 4.69) is 41.4 Å². The summed E-state index contributed by atoms with van der Waals surface area (Å²) in [6, 6.07) is 0. The van der Waals surface area contributed by atoms with Gasteiger partial charge in [0.2, 0.25) is 0 Å². The van der Waals surface area contributed by atoms with Crippen LogP contribution in [0.5, 0.6) is 0 Å². The summed E-state index contributed by atoms with van der Waals surface area (Å²) in [6.07, 6.45) is 8.15. The number of nitrogens with zero attached hydrogens (tertiary/aromatic N) is 4. The monoisotopic (exact) mass is 249 g/mol. The first-order chi connectivity index (χ1) is 8.16. The lowest BCUT2D eigenvalue weighted by molar-refractivity contribution is -0.654. The van der Waals surface area contributed by atoms with E-state index in [1.807, 2.05) is 23.2 Å². The molecule has 0 unspecified atom stereocenters. The Hall–Kier alpha value is -1.49. The van der Waals surface area contributed by atoms with Crippen molar-refractivity contribution in [2.24, 2.45) is 17.3 Å². The summed E-state index contributed by atoms with van der Waals surface area (Å²) in [4.78, 5) is 2.14. The van der Waals surface area contributed by atoms with E-state index >= 15 is 0 Å². The molecule has 0 amide bonds. The standard InChI is InChI=1S/C12H17N4S/c1-15(2)11-6-4-10(5-7-11)13-14-12-16(3)8-9-17-12/h4,6,8-9H,5,7H2,1-3H3/q+1. The van der Waals surface area contributed by atoms with Crippen LogP contribution in [0.15, 0.2) is 45.4 Å². The molecule has 0 bridgehead atoms. The molecule has 0 N–H and O–H groups in total. The molecule has 0 spiro atoms. The molecule has 5 heteroatoms. The second-order valence-electron chi connectivity index (χ2n) is 4.21. The van der Waals surface area contributed by atoms with Crippen LogP contribution in [-0.2, 0) is 7.05 Å². The smallest absolute Gasteiger partial charge is 0.381 e. The Morgan fingerprint density at radius 2 is 2.06 bits per heavy atom. The van der Waals surface area contributed by atoms with Crippen LogP contribution in [0.3, 0.4) is 0 Å². The normalized spacial score (nSPS) is 15.9. The van der Waals surface area contributed by atoms with Crippen LogP contribution in [0, 0.1) is 0 Å². The second-order valence-corrected chi connectivity index (χ2v) is 5.08. The van der Waals surface area contributed by atoms with Crippen molar-refractivity contribution in [3.8, 4) is 0 Å². The van der Waals surface area contributed by atoms with Gasteiger partial charge in [0.05, 0.1) is 17.9 Å². The summed E-state index contributed by atoms with van der Waals surface area (Å²) in [5.74, 6) is 0. The van der Waals surface area contributed by atoms with Gasteiger partial charge in [0.1, 0.15) is 6.20 Å². The van der Waals surface area contributed by atoms with E-state index in [1.165, 1.54) is 5.70 Å². The van der Waals surface area contributed by atoms with Crippen molar-refractivity contribution >= 4 is 16.5 Å². The quantitative estimate of drug-likeness (QED) is 0.599. The van der Waals surface area contributed by atoms with Crippen LogP contribution in [0.25, 0.3) is 0 Å². The molecule has 0 saturated heterocycles. The topological polar surface area (TPSA) is 31.8 Å². The summed E-state index contributed by atoms with van der Waals surface area (Å²) in [5, 5.41) is 11.5. The van der Waals surface area contributed by atoms with E-state index < -0.39 is 0 Å². The lowest BCUT2D eigenvalue weighted by Gasteiger charge is -2.18. The molecule has 0 atom stereocenters. The molecular weight excluding hydrogens is 232 g/mol. The molecule has 1 heterocycles. The molecule has 4 nitrogen and oxygen atoms in total. The third kappa shape index (κ3) is 3.00. The number of aromatic nitrogens is 1. The van der Waals surface area contributed by atoms with Crippen LogP contribution in [0.2, 0.25) is 0 Å². The van der Waals surface area contributed by atoms with Gasteiger partial charge in [-0.15, -0.1) is 0 Å². The molecule has 17 heavy (non-hydrogen) atoms. The van der Waals surface area contributed by atoms with Crippen molar-refractivity contribution in [1.29, 1.82) is 0 Å². The average Bonchev–Trinajstić information content (AvgIpc) is 2.73. The maximum absolute atomic E-state index is 4.29. The van der Waals surface area contributed by atoms with Gasteiger partial charge in [-0.1, -0.05) is 0 Å². The van der Waals surface area contributed by atoms with Crippen molar-refractivity contribution in [2.75, 3.05) is 14.1 Å². The van der Waals surface area contributed by atoms with Crippen LogP contribution in [0.4, 0.5) is 5.13 Å². The molecule has 1 aliphatic rings. The van der Waals surface area contributed by atoms with Crippen LogP contribution in [0.1, 0.15) is 12.8 Å². The van der Waals surface area contributed by atoms with Crippen molar-refractivity contribution in [3.05, 3.63) is 35.1 Å². The number of hydrogen-bond donors (Lipinski definition) is 0. The first-order valence-corrected chi connectivity index (χ1v) is 6.46. The third-order valence-corrected chi connectivity index (χ3v) is 3.54. The minimum atomic E-state index is 0.924. The lowest BCUT2D eigenvalue weighted by Crippen LogP contribution is -2.23. The third-order valence-electron chi connectivity index (χ3n) is 2.70. The predicted molar refractivity (Wildman–Crippen MR) is 69.1 cm³/mol. The Morgan fingerprint density at radius 3 is 2.59 bits per heavy atom. The number of aryl methyl sites for hydroxylation is 1. The van der Waals surface area contributed by atoms with E-state index in [9.17, 15) is 0 Å². The number of azo groups is 1. The number of thiazole rings is 1. The van der Waals surface area contributed by atoms with Gasteiger partial charge in [-0.3, -0.25) is 0 Å². The van der Waals surface area contributed by atoms with Gasteiger partial charge in [-0.2, -0.15) is 0 Å². The van der Waals surface area contributed by atoms with Crippen LogP contribution < -0.4 is 4.57 Å². The summed E-state index contributed by atoms with van der Waals surface area (Å²) in [6.45, 7) is 0. The highest BCUT2D eigenvalue weighted by molar-refractivity contribution is 7.12. The molecule has 0 radical (unpaired) electrons. The highest BCUT2D eigenvalue weighted by Gasteiger charge is 2.11. The Labute approximate surface area is 106 Å². The highest BCUT2D eigenvalue weighted by Crippen LogP contribution is 2.22. The van der Waals surface area contributed by atoms with Crippen molar-refractivity contribution in [1.82, 2.24) is 4.90 Å². The average molecular weight is 249 g/mol. The summed E-state index contributed by atoms with van der Waals surface area (Å²) in [7, 11) is 6.11. The van der Waals surface area contributed by atoms with Gasteiger partial charge in [-0.25, -0.2) is 4.57 Å². The van der Waals surface area contributed by atoms with Gasteiger partial charge < -0.3 is 4.90 Å². The molecule has 2 rings (SSSR count). The lowest BCUT2D eigenvalue weighted by atomic mass is 10.1. The maximum atomic E-state index is 4.29. The zero-order chi connectivity index (χ0) is 12.3. The largest absolute Gasteiger partial charge is 0.408 e. The molecule has 0 fully saturated rings. The Kier molecular flexibility index (Phi) is 3.68. The van der Waals surface area contributed by atoms with Gasteiger partial charge in [-0.05, 0) is 41.4 Å². The molecular formula is C12H17N4S+. The van der Waals surface area contributed by atoms with Crippen molar-refractivity contribution in [2.45, 2.75) is 12.8 Å². The van der Waals surface area contributed by atoms with E-state index in [0.29, 0.717) is 0 Å². The van der Waals surface area contributed by atoms with Crippen molar-refractivity contribution in [3.63, 3.8) is 0 Å². The SMILES string of the molecule is CN(C)C1=CC=C(N=Nc2scc[n+]2C)CC1. The van der Waals surface area contributed by atoms with E-state index in [4.69, 9.17) is 0 Å². The zero-order valence-electron chi connectivity index (χ0n) is 10.4. The molecule has 0 aliphatic heterocycles. The minimum absolute atomic E-state index is 0.924. The summed E-state index contributed by atoms with van der Waals surface area (Å²) < 4.78 is 1.97. The van der Waals surface area contributed by atoms with E-state index in [-0.39, 0.29) is 0 Å². The van der Waals surface area contributed by atoms with Crippen LogP contribution in [-0.4, -0.2) is 19.0 Å². The van der Waals surface area contributed by atoms with Gasteiger partial charge in [0, 0.05) is 25.2 Å². The van der Waals surface area contributed by atoms with E-state index in [1.54, 1.807) is 11.3 Å². The fourth-order valence-electron chi connectivity index (χ4n) is 1.60. The van der Waals surface area contributed by atoms with Gasteiger partial charge in [0.25, 0.3) is 0 Å². The minimum Gasteiger partial charge on any atom is -0.381 e. The molecule has 1 aliphatic carbocycles. The predicted octanol–water partition coefficient (Wildman–Crippen LogP) is 2.78. The number of allylic oxidation sites excluding steroid dienone is 4. The van der Waals surface area contributed by atoms with Gasteiger partial charge >= 0.3 is 5.13 Å². The van der Waals surface area contributed by atoms with Crippen molar-refractivity contribution < 1.29 is 4.57 Å². The zero-order valence-corrected chi connectivity index (χ0v) is 11.2.